The number of hydrogen-bond acceptors (Lipinski definition) is 4. The van der Waals surface area contributed by atoms with Gasteiger partial charge in [-0.15, -0.1) is 11.3 Å². The van der Waals surface area contributed by atoms with Crippen LogP contribution in [0.4, 0.5) is 4.39 Å². The van der Waals surface area contributed by atoms with Crippen LogP contribution in [0.25, 0.3) is 21.3 Å². The van der Waals surface area contributed by atoms with Gasteiger partial charge in [0.15, 0.2) is 0 Å². The molecule has 0 aliphatic carbocycles. The largest absolute Gasteiger partial charge is 0.338 e. The normalized spacial score (nSPS) is 17.2. The van der Waals surface area contributed by atoms with Crippen molar-refractivity contribution in [3.8, 4) is 11.1 Å². The second-order valence-corrected chi connectivity index (χ2v) is 7.53. The lowest BCUT2D eigenvalue weighted by molar-refractivity contribution is -0.131. The molecule has 1 amide bonds. The Morgan fingerprint density at radius 1 is 1.35 bits per heavy atom. The Kier molecular flexibility index (Phi) is 4.50. The summed E-state index contributed by atoms with van der Waals surface area (Å²) in [4.78, 5) is 31.6. The van der Waals surface area contributed by atoms with Gasteiger partial charge in [0.2, 0.25) is 5.91 Å². The number of amides is 1. The molecule has 0 bridgehead atoms. The summed E-state index contributed by atoms with van der Waals surface area (Å²) >= 11 is 7.31. The van der Waals surface area contributed by atoms with Crippen molar-refractivity contribution in [2.45, 2.75) is 19.1 Å². The van der Waals surface area contributed by atoms with E-state index in [4.69, 9.17) is 11.6 Å². The van der Waals surface area contributed by atoms with E-state index in [1.165, 1.54) is 27.1 Å². The molecule has 1 aliphatic heterocycles. The van der Waals surface area contributed by atoms with Gasteiger partial charge in [-0.1, -0.05) is 23.7 Å². The van der Waals surface area contributed by atoms with Gasteiger partial charge < -0.3 is 4.90 Å². The van der Waals surface area contributed by atoms with E-state index in [0.717, 1.165) is 11.1 Å². The molecule has 1 aromatic carbocycles. The maximum atomic E-state index is 13.3. The van der Waals surface area contributed by atoms with Gasteiger partial charge in [-0.3, -0.25) is 14.2 Å². The van der Waals surface area contributed by atoms with Crippen LogP contribution < -0.4 is 5.56 Å². The number of carbonyl (C=O) groups excluding carboxylic acids is 1. The number of alkyl halides is 1. The van der Waals surface area contributed by atoms with Gasteiger partial charge in [-0.2, -0.15) is 0 Å². The summed E-state index contributed by atoms with van der Waals surface area (Å²) in [5.41, 5.74) is 1.36. The fourth-order valence-electron chi connectivity index (χ4n) is 3.11. The van der Waals surface area contributed by atoms with Crippen LogP contribution in [0.15, 0.2) is 40.8 Å². The van der Waals surface area contributed by atoms with Crippen molar-refractivity contribution >= 4 is 39.1 Å². The maximum absolute atomic E-state index is 13.3. The molecule has 4 rings (SSSR count). The minimum absolute atomic E-state index is 0.0950. The Hall–Kier alpha value is -2.25. The van der Waals surface area contributed by atoms with Crippen LogP contribution >= 0.6 is 22.9 Å². The summed E-state index contributed by atoms with van der Waals surface area (Å²) in [6, 6.07) is 7.22. The minimum Gasteiger partial charge on any atom is -0.338 e. The zero-order valence-corrected chi connectivity index (χ0v) is 15.3. The highest BCUT2D eigenvalue weighted by Crippen LogP contribution is 2.31. The molecule has 0 saturated carbocycles. The van der Waals surface area contributed by atoms with E-state index in [-0.39, 0.29) is 24.6 Å². The molecule has 8 heteroatoms. The van der Waals surface area contributed by atoms with Crippen molar-refractivity contribution in [3.05, 3.63) is 51.3 Å². The minimum atomic E-state index is -0.982. The van der Waals surface area contributed by atoms with Crippen molar-refractivity contribution in [3.63, 3.8) is 0 Å². The van der Waals surface area contributed by atoms with Gasteiger partial charge in [0.05, 0.1) is 18.3 Å². The Labute approximate surface area is 157 Å². The second-order valence-electron chi connectivity index (χ2n) is 6.24. The van der Waals surface area contributed by atoms with Gasteiger partial charge in [-0.05, 0) is 24.1 Å². The van der Waals surface area contributed by atoms with E-state index in [1.807, 2.05) is 17.5 Å². The van der Waals surface area contributed by atoms with Crippen molar-refractivity contribution in [1.29, 1.82) is 0 Å². The fraction of sp³-hybridized carbons (Fsp3) is 0.278. The van der Waals surface area contributed by atoms with Gasteiger partial charge >= 0.3 is 0 Å². The summed E-state index contributed by atoms with van der Waals surface area (Å²) in [5.74, 6) is -0.267. The first-order chi connectivity index (χ1) is 12.5. The Morgan fingerprint density at radius 2 is 2.12 bits per heavy atom. The number of thiophene rings is 1. The summed E-state index contributed by atoms with van der Waals surface area (Å²) in [5, 5.41) is 2.98. The van der Waals surface area contributed by atoms with Crippen LogP contribution in [0.5, 0.6) is 0 Å². The summed E-state index contributed by atoms with van der Waals surface area (Å²) < 4.78 is 14.6. The number of rotatable bonds is 3. The van der Waals surface area contributed by atoms with Crippen LogP contribution in [-0.2, 0) is 11.3 Å². The first-order valence-electron chi connectivity index (χ1n) is 8.17. The molecule has 2 aromatic heterocycles. The zero-order chi connectivity index (χ0) is 18.3. The lowest BCUT2D eigenvalue weighted by Crippen LogP contribution is -2.35. The predicted molar refractivity (Wildman–Crippen MR) is 100 cm³/mol. The van der Waals surface area contributed by atoms with Gasteiger partial charge in [0.25, 0.3) is 5.56 Å². The van der Waals surface area contributed by atoms with Crippen molar-refractivity contribution in [2.75, 3.05) is 13.1 Å². The molecular formula is C18H15ClFN3O2S. The molecule has 26 heavy (non-hydrogen) atoms. The second kappa shape index (κ2) is 6.81. The van der Waals surface area contributed by atoms with Gasteiger partial charge in [0.1, 0.15) is 17.5 Å². The average molecular weight is 392 g/mol. The molecular weight excluding hydrogens is 377 g/mol. The molecule has 3 aromatic rings. The predicted octanol–water partition coefficient (Wildman–Crippen LogP) is 3.35. The highest BCUT2D eigenvalue weighted by Gasteiger charge is 2.26. The molecule has 1 fully saturated rings. The molecule has 5 nitrogen and oxygen atoms in total. The number of hydrogen-bond donors (Lipinski definition) is 0. The van der Waals surface area contributed by atoms with Gasteiger partial charge in [-0.25, -0.2) is 9.37 Å². The molecule has 1 aliphatic rings. The van der Waals surface area contributed by atoms with E-state index in [9.17, 15) is 14.0 Å². The number of halogens is 2. The maximum Gasteiger partial charge on any atom is 0.263 e. The van der Waals surface area contributed by atoms with Crippen LogP contribution in [-0.4, -0.2) is 39.6 Å². The van der Waals surface area contributed by atoms with Crippen LogP contribution in [0.3, 0.4) is 0 Å². The fourth-order valence-corrected chi connectivity index (χ4v) is 4.14. The molecule has 1 saturated heterocycles. The Morgan fingerprint density at radius 3 is 2.81 bits per heavy atom. The van der Waals surface area contributed by atoms with E-state index in [0.29, 0.717) is 28.2 Å². The highest BCUT2D eigenvalue weighted by molar-refractivity contribution is 7.17. The number of benzene rings is 1. The van der Waals surface area contributed by atoms with E-state index >= 15 is 0 Å². The molecule has 134 valence electrons. The van der Waals surface area contributed by atoms with Crippen LogP contribution in [0.2, 0.25) is 5.02 Å². The topological polar surface area (TPSA) is 55.2 Å². The van der Waals surface area contributed by atoms with Crippen molar-refractivity contribution in [2.24, 2.45) is 0 Å². The molecule has 0 radical (unpaired) electrons. The number of likely N-dealkylation sites (tertiary alicyclic amines) is 1. The molecule has 3 heterocycles. The highest BCUT2D eigenvalue weighted by atomic mass is 35.5. The summed E-state index contributed by atoms with van der Waals surface area (Å²) in [6.07, 6.45) is 0.751. The number of aromatic nitrogens is 2. The molecule has 1 unspecified atom stereocenters. The number of nitrogens with zero attached hydrogens (tertiary/aromatic N) is 3. The van der Waals surface area contributed by atoms with E-state index in [2.05, 4.69) is 4.98 Å². The SMILES string of the molecule is O=C(Cn1cnc2scc(-c3ccc(Cl)cc3)c2c1=O)N1CCC(F)C1. The smallest absolute Gasteiger partial charge is 0.263 e. The van der Waals surface area contributed by atoms with Crippen LogP contribution in [0.1, 0.15) is 6.42 Å². The third-order valence-electron chi connectivity index (χ3n) is 4.50. The first kappa shape index (κ1) is 17.2. The molecule has 0 spiro atoms. The monoisotopic (exact) mass is 391 g/mol. The van der Waals surface area contributed by atoms with Crippen molar-refractivity contribution < 1.29 is 9.18 Å². The first-order valence-corrected chi connectivity index (χ1v) is 9.43. The Balaban J connectivity index is 1.70. The Bertz CT molecular complexity index is 1030. The quantitative estimate of drug-likeness (QED) is 0.688. The van der Waals surface area contributed by atoms with Crippen LogP contribution in [0, 0.1) is 0 Å². The van der Waals surface area contributed by atoms with E-state index < -0.39 is 6.17 Å². The van der Waals surface area contributed by atoms with Gasteiger partial charge in [0, 0.05) is 22.5 Å². The molecule has 1 atom stereocenters. The average Bonchev–Trinajstić information content (AvgIpc) is 3.25. The lowest BCUT2D eigenvalue weighted by atomic mass is 10.1. The summed E-state index contributed by atoms with van der Waals surface area (Å²) in [7, 11) is 0. The lowest BCUT2D eigenvalue weighted by Gasteiger charge is -2.15. The number of carbonyl (C=O) groups is 1. The van der Waals surface area contributed by atoms with Crippen molar-refractivity contribution in [1.82, 2.24) is 14.5 Å². The summed E-state index contributed by atoms with van der Waals surface area (Å²) in [6.45, 7) is 0.348. The van der Waals surface area contributed by atoms with E-state index in [1.54, 1.807) is 12.1 Å². The zero-order valence-electron chi connectivity index (χ0n) is 13.7. The molecule has 0 N–H and O–H groups in total. The standard InChI is InChI=1S/C18H15ClFN3O2S/c19-12-3-1-11(2-4-12)14-9-26-17-16(14)18(25)23(10-21-17)8-15(24)22-6-5-13(20)7-22/h1-4,9-10,13H,5-8H2. The third kappa shape index (κ3) is 3.12. The number of fused-ring (bicyclic) bond motifs is 1. The third-order valence-corrected chi connectivity index (χ3v) is 5.64.